The van der Waals surface area contributed by atoms with Crippen molar-refractivity contribution < 1.29 is 19.1 Å². The van der Waals surface area contributed by atoms with Gasteiger partial charge in [-0.3, -0.25) is 9.59 Å². The minimum absolute atomic E-state index is 0.236. The number of benzene rings is 2. The van der Waals surface area contributed by atoms with Crippen LogP contribution in [0, 0.1) is 5.92 Å². The SMILES string of the molecule is CC(C)C(OC(=O)c1ccccc1)N1C(=O)c2ccccc2C1=O. The summed E-state index contributed by atoms with van der Waals surface area (Å²) in [4.78, 5) is 38.5. The van der Waals surface area contributed by atoms with Crippen molar-refractivity contribution in [1.82, 2.24) is 4.90 Å². The molecule has 1 heterocycles. The second kappa shape index (κ2) is 6.28. The van der Waals surface area contributed by atoms with Gasteiger partial charge in [-0.25, -0.2) is 9.69 Å². The van der Waals surface area contributed by atoms with Gasteiger partial charge in [0.05, 0.1) is 16.7 Å². The van der Waals surface area contributed by atoms with Crippen LogP contribution in [0.5, 0.6) is 0 Å². The predicted molar refractivity (Wildman–Crippen MR) is 87.4 cm³/mol. The van der Waals surface area contributed by atoms with Crippen molar-refractivity contribution >= 4 is 17.8 Å². The molecule has 0 saturated carbocycles. The van der Waals surface area contributed by atoms with Crippen LogP contribution in [0.3, 0.4) is 0 Å². The summed E-state index contributed by atoms with van der Waals surface area (Å²) in [5.41, 5.74) is 1.05. The summed E-state index contributed by atoms with van der Waals surface area (Å²) in [6.07, 6.45) is -0.954. The fourth-order valence-electron chi connectivity index (χ4n) is 2.68. The van der Waals surface area contributed by atoms with Crippen LogP contribution in [-0.4, -0.2) is 28.9 Å². The van der Waals surface area contributed by atoms with Gasteiger partial charge in [0, 0.05) is 5.92 Å². The summed E-state index contributed by atoms with van der Waals surface area (Å²) < 4.78 is 5.50. The number of nitrogens with zero attached hydrogens (tertiary/aromatic N) is 1. The van der Waals surface area contributed by atoms with E-state index in [1.807, 2.05) is 0 Å². The van der Waals surface area contributed by atoms with Gasteiger partial charge in [0.1, 0.15) is 0 Å². The van der Waals surface area contributed by atoms with Crippen LogP contribution in [0.4, 0.5) is 0 Å². The minimum atomic E-state index is -0.954. The van der Waals surface area contributed by atoms with E-state index in [9.17, 15) is 14.4 Å². The minimum Gasteiger partial charge on any atom is -0.437 e. The van der Waals surface area contributed by atoms with Crippen LogP contribution in [0.25, 0.3) is 0 Å². The van der Waals surface area contributed by atoms with Crippen molar-refractivity contribution in [3.05, 3.63) is 71.3 Å². The van der Waals surface area contributed by atoms with E-state index < -0.39 is 24.0 Å². The van der Waals surface area contributed by atoms with Gasteiger partial charge in [0.15, 0.2) is 6.23 Å². The van der Waals surface area contributed by atoms with Gasteiger partial charge in [-0.2, -0.15) is 0 Å². The first kappa shape index (κ1) is 15.9. The molecule has 5 nitrogen and oxygen atoms in total. The number of hydrogen-bond donors (Lipinski definition) is 0. The molecule has 0 spiro atoms. The van der Waals surface area contributed by atoms with Gasteiger partial charge in [0.2, 0.25) is 0 Å². The molecule has 5 heteroatoms. The van der Waals surface area contributed by atoms with E-state index in [0.29, 0.717) is 16.7 Å². The molecule has 1 atom stereocenters. The highest BCUT2D eigenvalue weighted by atomic mass is 16.6. The van der Waals surface area contributed by atoms with Crippen molar-refractivity contribution in [1.29, 1.82) is 0 Å². The first-order chi connectivity index (χ1) is 11.5. The fraction of sp³-hybridized carbons (Fsp3) is 0.211. The van der Waals surface area contributed by atoms with Crippen LogP contribution in [0.1, 0.15) is 44.9 Å². The molecular weight excluding hydrogens is 306 g/mol. The van der Waals surface area contributed by atoms with Gasteiger partial charge in [-0.05, 0) is 24.3 Å². The normalized spacial score (nSPS) is 14.7. The Kier molecular flexibility index (Phi) is 4.16. The lowest BCUT2D eigenvalue weighted by Gasteiger charge is -2.28. The Morgan fingerprint density at radius 3 is 1.88 bits per heavy atom. The Hall–Kier alpha value is -2.95. The van der Waals surface area contributed by atoms with Crippen molar-refractivity contribution in [2.45, 2.75) is 20.1 Å². The smallest absolute Gasteiger partial charge is 0.340 e. The molecule has 1 unspecified atom stereocenters. The largest absolute Gasteiger partial charge is 0.437 e. The summed E-state index contributed by atoms with van der Waals surface area (Å²) in [6.45, 7) is 3.60. The average Bonchev–Trinajstić information content (AvgIpc) is 2.85. The summed E-state index contributed by atoms with van der Waals surface area (Å²) in [7, 11) is 0. The van der Waals surface area contributed by atoms with Gasteiger partial charge in [-0.15, -0.1) is 0 Å². The molecule has 0 bridgehead atoms. The Bertz CT molecular complexity index is 763. The Morgan fingerprint density at radius 1 is 0.875 bits per heavy atom. The number of esters is 1. The number of carbonyl (C=O) groups is 3. The highest BCUT2D eigenvalue weighted by Gasteiger charge is 2.42. The zero-order valence-electron chi connectivity index (χ0n) is 13.4. The van der Waals surface area contributed by atoms with Crippen LogP contribution in [0.2, 0.25) is 0 Å². The molecule has 0 aromatic heterocycles. The zero-order valence-corrected chi connectivity index (χ0v) is 13.4. The fourth-order valence-corrected chi connectivity index (χ4v) is 2.68. The first-order valence-corrected chi connectivity index (χ1v) is 7.73. The number of fused-ring (bicyclic) bond motifs is 1. The molecule has 2 amide bonds. The van der Waals surface area contributed by atoms with Crippen LogP contribution in [-0.2, 0) is 4.74 Å². The average molecular weight is 323 g/mol. The zero-order chi connectivity index (χ0) is 17.3. The predicted octanol–water partition coefficient (Wildman–Crippen LogP) is 3.12. The summed E-state index contributed by atoms with van der Waals surface area (Å²) in [5.74, 6) is -1.67. The molecule has 1 aliphatic heterocycles. The lowest BCUT2D eigenvalue weighted by Crippen LogP contribution is -2.45. The Morgan fingerprint density at radius 2 is 1.38 bits per heavy atom. The lowest BCUT2D eigenvalue weighted by atomic mass is 10.1. The first-order valence-electron chi connectivity index (χ1n) is 7.73. The van der Waals surface area contributed by atoms with E-state index in [0.717, 1.165) is 4.90 Å². The molecule has 2 aromatic rings. The van der Waals surface area contributed by atoms with Crippen LogP contribution < -0.4 is 0 Å². The van der Waals surface area contributed by atoms with E-state index in [1.54, 1.807) is 68.4 Å². The van der Waals surface area contributed by atoms with E-state index >= 15 is 0 Å². The summed E-state index contributed by atoms with van der Waals surface area (Å²) in [6, 6.07) is 15.1. The number of imide groups is 1. The number of rotatable bonds is 4. The Balaban J connectivity index is 1.89. The van der Waals surface area contributed by atoms with E-state index in [2.05, 4.69) is 0 Å². The van der Waals surface area contributed by atoms with Crippen LogP contribution >= 0.6 is 0 Å². The molecule has 1 aliphatic rings. The second-order valence-electron chi connectivity index (χ2n) is 5.93. The van der Waals surface area contributed by atoms with Gasteiger partial charge >= 0.3 is 5.97 Å². The highest BCUT2D eigenvalue weighted by molar-refractivity contribution is 6.21. The molecule has 0 aliphatic carbocycles. The third-order valence-corrected chi connectivity index (χ3v) is 3.89. The molecule has 0 radical (unpaired) electrons. The second-order valence-corrected chi connectivity index (χ2v) is 5.93. The number of ether oxygens (including phenoxy) is 1. The molecular formula is C19H17NO4. The maximum Gasteiger partial charge on any atom is 0.340 e. The molecule has 0 saturated heterocycles. The number of hydrogen-bond acceptors (Lipinski definition) is 4. The summed E-state index contributed by atoms with van der Waals surface area (Å²) >= 11 is 0. The van der Waals surface area contributed by atoms with Crippen LogP contribution in [0.15, 0.2) is 54.6 Å². The van der Waals surface area contributed by atoms with Crippen molar-refractivity contribution in [3.63, 3.8) is 0 Å². The Labute approximate surface area is 139 Å². The topological polar surface area (TPSA) is 63.7 Å². The van der Waals surface area contributed by atoms with Crippen molar-refractivity contribution in [2.24, 2.45) is 5.92 Å². The maximum atomic E-state index is 12.6. The van der Waals surface area contributed by atoms with Gasteiger partial charge in [0.25, 0.3) is 11.8 Å². The third kappa shape index (κ3) is 2.69. The molecule has 2 aromatic carbocycles. The molecule has 0 fully saturated rings. The van der Waals surface area contributed by atoms with E-state index in [4.69, 9.17) is 4.74 Å². The lowest BCUT2D eigenvalue weighted by molar-refractivity contribution is -0.0329. The quantitative estimate of drug-likeness (QED) is 0.640. The van der Waals surface area contributed by atoms with Gasteiger partial charge in [-0.1, -0.05) is 44.2 Å². The monoisotopic (exact) mass is 323 g/mol. The third-order valence-electron chi connectivity index (χ3n) is 3.89. The maximum absolute atomic E-state index is 12.6. The standard InChI is InChI=1S/C19H17NO4/c1-12(2)18(24-19(23)13-8-4-3-5-9-13)20-16(21)14-10-6-7-11-15(14)17(20)22/h3-12,18H,1-2H3. The number of carbonyl (C=O) groups excluding carboxylic acids is 3. The molecule has 0 N–H and O–H groups in total. The van der Waals surface area contributed by atoms with E-state index in [1.165, 1.54) is 0 Å². The summed E-state index contributed by atoms with van der Waals surface area (Å²) in [5, 5.41) is 0. The van der Waals surface area contributed by atoms with Crippen molar-refractivity contribution in [3.8, 4) is 0 Å². The van der Waals surface area contributed by atoms with Gasteiger partial charge < -0.3 is 4.74 Å². The molecule has 3 rings (SSSR count). The number of amides is 2. The molecule has 122 valence electrons. The van der Waals surface area contributed by atoms with E-state index in [-0.39, 0.29) is 5.92 Å². The molecule has 24 heavy (non-hydrogen) atoms. The van der Waals surface area contributed by atoms with Crippen molar-refractivity contribution in [2.75, 3.05) is 0 Å². The highest BCUT2D eigenvalue weighted by Crippen LogP contribution is 2.28.